The highest BCUT2D eigenvalue weighted by molar-refractivity contribution is 6.31. The molecule has 1 aromatic rings. The fourth-order valence-electron chi connectivity index (χ4n) is 1.33. The predicted molar refractivity (Wildman–Crippen MR) is 69.5 cm³/mol. The first-order valence-electron chi connectivity index (χ1n) is 5.64. The van der Waals surface area contributed by atoms with Crippen LogP contribution >= 0.6 is 11.6 Å². The zero-order valence-corrected chi connectivity index (χ0v) is 11.3. The van der Waals surface area contributed by atoms with Crippen LogP contribution in [0.25, 0.3) is 0 Å². The van der Waals surface area contributed by atoms with Gasteiger partial charge in [-0.2, -0.15) is 0 Å². The van der Waals surface area contributed by atoms with Gasteiger partial charge in [0.1, 0.15) is 12.2 Å². The summed E-state index contributed by atoms with van der Waals surface area (Å²) in [7, 11) is 0. The predicted octanol–water partition coefficient (Wildman–Crippen LogP) is 2.83. The molecule has 0 atom stereocenters. The van der Waals surface area contributed by atoms with Crippen LogP contribution in [0.15, 0.2) is 18.2 Å². The summed E-state index contributed by atoms with van der Waals surface area (Å²) in [6.07, 6.45) is 0.0270. The number of hydrogen-bond donors (Lipinski definition) is 0. The number of ether oxygens (including phenoxy) is 2. The first kappa shape index (κ1) is 15.4. The van der Waals surface area contributed by atoms with Crippen molar-refractivity contribution in [3.8, 4) is 0 Å². The summed E-state index contributed by atoms with van der Waals surface area (Å²) in [6, 6.07) is 3.73. The fraction of sp³-hybridized carbons (Fsp3) is 0.417. The molecule has 0 saturated heterocycles. The van der Waals surface area contributed by atoms with Gasteiger partial charge in [0.2, 0.25) is 0 Å². The van der Waals surface area contributed by atoms with Gasteiger partial charge in [-0.15, -0.1) is 0 Å². The molecule has 0 aliphatic heterocycles. The third-order valence-corrected chi connectivity index (χ3v) is 2.38. The summed E-state index contributed by atoms with van der Waals surface area (Å²) in [5.74, 6) is -0.790. The van der Waals surface area contributed by atoms with Crippen molar-refractivity contribution in [1.82, 2.24) is 0 Å². The molecule has 0 aliphatic carbocycles. The first-order valence-corrected chi connectivity index (χ1v) is 6.02. The quantitative estimate of drug-likeness (QED) is 0.348. The van der Waals surface area contributed by atoms with Gasteiger partial charge in [-0.05, 0) is 26.0 Å². The van der Waals surface area contributed by atoms with Gasteiger partial charge in [-0.3, -0.25) is 10.1 Å². The summed E-state index contributed by atoms with van der Waals surface area (Å²) in [4.78, 5) is 21.9. The van der Waals surface area contributed by atoms with Crippen LogP contribution in [0, 0.1) is 10.1 Å². The van der Waals surface area contributed by atoms with E-state index >= 15 is 0 Å². The topological polar surface area (TPSA) is 78.7 Å². The number of carbonyl (C=O) groups is 1. The van der Waals surface area contributed by atoms with Crippen molar-refractivity contribution in [3.63, 3.8) is 0 Å². The summed E-state index contributed by atoms with van der Waals surface area (Å²) >= 11 is 5.71. The van der Waals surface area contributed by atoms with E-state index in [0.29, 0.717) is 0 Å². The Morgan fingerprint density at radius 2 is 2.11 bits per heavy atom. The molecule has 0 fully saturated rings. The summed E-state index contributed by atoms with van der Waals surface area (Å²) in [6.45, 7) is 3.96. The number of halogens is 1. The Labute approximate surface area is 115 Å². The Bertz CT molecular complexity index is 475. The Balaban J connectivity index is 2.70. The zero-order valence-electron chi connectivity index (χ0n) is 10.6. The number of rotatable bonds is 6. The zero-order chi connectivity index (χ0) is 14.4. The minimum Gasteiger partial charge on any atom is -0.459 e. The van der Waals surface area contributed by atoms with Gasteiger partial charge >= 0.3 is 5.97 Å². The molecule has 0 radical (unpaired) electrons. The molecule has 0 heterocycles. The van der Waals surface area contributed by atoms with Crippen molar-refractivity contribution >= 4 is 23.3 Å². The van der Waals surface area contributed by atoms with Crippen molar-refractivity contribution in [2.75, 3.05) is 13.2 Å². The number of hydrogen-bond acceptors (Lipinski definition) is 5. The lowest BCUT2D eigenvalue weighted by Crippen LogP contribution is -2.14. The molecule has 0 aromatic heterocycles. The number of benzene rings is 1. The highest BCUT2D eigenvalue weighted by Gasteiger charge is 2.21. The molecule has 0 bridgehead atoms. The van der Waals surface area contributed by atoms with E-state index < -0.39 is 10.9 Å². The average Bonchev–Trinajstić information content (AvgIpc) is 2.33. The van der Waals surface area contributed by atoms with Crippen LogP contribution in [-0.4, -0.2) is 30.2 Å². The van der Waals surface area contributed by atoms with Gasteiger partial charge in [-0.1, -0.05) is 11.6 Å². The van der Waals surface area contributed by atoms with Crippen LogP contribution in [0.4, 0.5) is 5.69 Å². The first-order chi connectivity index (χ1) is 8.91. The largest absolute Gasteiger partial charge is 0.459 e. The molecule has 1 aromatic carbocycles. The van der Waals surface area contributed by atoms with Gasteiger partial charge in [0, 0.05) is 11.1 Å². The van der Waals surface area contributed by atoms with Crippen LogP contribution in [0.1, 0.15) is 24.2 Å². The molecule has 0 amide bonds. The second-order valence-corrected chi connectivity index (χ2v) is 4.41. The monoisotopic (exact) mass is 287 g/mol. The third kappa shape index (κ3) is 4.84. The van der Waals surface area contributed by atoms with Crippen LogP contribution in [0.3, 0.4) is 0 Å². The second kappa shape index (κ2) is 7.06. The number of nitrogens with zero attached hydrogens (tertiary/aromatic N) is 1. The van der Waals surface area contributed by atoms with Gasteiger partial charge < -0.3 is 9.47 Å². The molecule has 0 N–H and O–H groups in total. The molecular formula is C12H14ClNO5. The van der Waals surface area contributed by atoms with E-state index in [-0.39, 0.29) is 35.6 Å². The van der Waals surface area contributed by atoms with Crippen molar-refractivity contribution in [1.29, 1.82) is 0 Å². The van der Waals surface area contributed by atoms with E-state index in [1.165, 1.54) is 18.2 Å². The number of nitro benzene ring substituents is 1. The second-order valence-electron chi connectivity index (χ2n) is 3.97. The average molecular weight is 288 g/mol. The van der Waals surface area contributed by atoms with Crippen LogP contribution in [0.2, 0.25) is 5.02 Å². The normalized spacial score (nSPS) is 10.5. The lowest BCUT2D eigenvalue weighted by atomic mass is 10.2. The third-order valence-electron chi connectivity index (χ3n) is 2.14. The number of esters is 1. The minimum atomic E-state index is -0.790. The van der Waals surface area contributed by atoms with Gasteiger partial charge in [-0.25, -0.2) is 4.79 Å². The van der Waals surface area contributed by atoms with Crippen LogP contribution < -0.4 is 0 Å². The van der Waals surface area contributed by atoms with Crippen LogP contribution in [-0.2, 0) is 9.47 Å². The van der Waals surface area contributed by atoms with Crippen molar-refractivity contribution in [3.05, 3.63) is 38.9 Å². The Morgan fingerprint density at radius 1 is 1.42 bits per heavy atom. The Morgan fingerprint density at radius 3 is 2.68 bits per heavy atom. The molecule has 0 unspecified atom stereocenters. The highest BCUT2D eigenvalue weighted by atomic mass is 35.5. The van der Waals surface area contributed by atoms with E-state index in [1.54, 1.807) is 0 Å². The molecule has 0 saturated carbocycles. The summed E-state index contributed by atoms with van der Waals surface area (Å²) in [5.41, 5.74) is -0.499. The summed E-state index contributed by atoms with van der Waals surface area (Å²) < 4.78 is 10.1. The lowest BCUT2D eigenvalue weighted by molar-refractivity contribution is -0.385. The van der Waals surface area contributed by atoms with Gasteiger partial charge in [0.15, 0.2) is 0 Å². The summed E-state index contributed by atoms with van der Waals surface area (Å²) in [5, 5.41) is 11.0. The molecular weight excluding hydrogens is 274 g/mol. The van der Waals surface area contributed by atoms with Crippen molar-refractivity contribution in [2.24, 2.45) is 0 Å². The van der Waals surface area contributed by atoms with E-state index in [0.717, 1.165) is 0 Å². The highest BCUT2D eigenvalue weighted by Crippen LogP contribution is 2.23. The SMILES string of the molecule is CC(C)OCCOC(=O)c1cc(Cl)ccc1[N+](=O)[O-]. The van der Waals surface area contributed by atoms with E-state index in [4.69, 9.17) is 21.1 Å². The number of carbonyl (C=O) groups excluding carboxylic acids is 1. The van der Waals surface area contributed by atoms with Gasteiger partial charge in [0.25, 0.3) is 5.69 Å². The molecule has 104 valence electrons. The van der Waals surface area contributed by atoms with E-state index in [9.17, 15) is 14.9 Å². The van der Waals surface area contributed by atoms with E-state index in [2.05, 4.69) is 0 Å². The van der Waals surface area contributed by atoms with Crippen molar-refractivity contribution in [2.45, 2.75) is 20.0 Å². The van der Waals surface area contributed by atoms with Crippen molar-refractivity contribution < 1.29 is 19.2 Å². The molecule has 0 aliphatic rings. The molecule has 1 rings (SSSR count). The maximum atomic E-state index is 11.7. The molecule has 0 spiro atoms. The fourth-order valence-corrected chi connectivity index (χ4v) is 1.50. The Kier molecular flexibility index (Phi) is 5.72. The maximum absolute atomic E-state index is 11.7. The lowest BCUT2D eigenvalue weighted by Gasteiger charge is -2.08. The maximum Gasteiger partial charge on any atom is 0.345 e. The molecule has 6 nitrogen and oxygen atoms in total. The standard InChI is InChI=1S/C12H14ClNO5/c1-8(2)18-5-6-19-12(15)10-7-9(13)3-4-11(10)14(16)17/h3-4,7-8H,5-6H2,1-2H3. The van der Waals surface area contributed by atoms with Gasteiger partial charge in [0.05, 0.1) is 17.6 Å². The minimum absolute atomic E-state index is 0.0270. The molecule has 19 heavy (non-hydrogen) atoms. The van der Waals surface area contributed by atoms with Crippen LogP contribution in [0.5, 0.6) is 0 Å². The van der Waals surface area contributed by atoms with E-state index in [1.807, 2.05) is 13.8 Å². The molecule has 7 heteroatoms. The Hall–Kier alpha value is -1.66. The number of nitro groups is 1. The smallest absolute Gasteiger partial charge is 0.345 e.